The number of nitrogens with one attached hydrogen (secondary N) is 1. The molecule has 1 amide bonds. The van der Waals surface area contributed by atoms with Crippen molar-refractivity contribution < 1.29 is 19.1 Å². The summed E-state index contributed by atoms with van der Waals surface area (Å²) in [5.41, 5.74) is 9.13. The third-order valence-electron chi connectivity index (χ3n) is 3.41. The van der Waals surface area contributed by atoms with Crippen LogP contribution in [0.1, 0.15) is 43.0 Å². The molecule has 1 rings (SSSR count). The number of nitrogens with two attached hydrogens (primary N) is 1. The van der Waals surface area contributed by atoms with Crippen LogP contribution in [0.2, 0.25) is 0 Å². The molecule has 0 aliphatic rings. The minimum absolute atomic E-state index is 0.0629. The molecule has 0 heterocycles. The molecule has 0 unspecified atom stereocenters. The standard InChI is InChI=1S/C18H28N2O4/c1-11-7-12(2)14(13(3)8-11)10-23-17(22)20-15(9-19)16(21)24-18(4,5)6/h7-8,15H,9-10,19H2,1-6H3,(H,20,22)/t15-/m0/s1. The van der Waals surface area contributed by atoms with E-state index in [4.69, 9.17) is 15.2 Å². The number of aryl methyl sites for hydroxylation is 3. The van der Waals surface area contributed by atoms with Gasteiger partial charge in [0.1, 0.15) is 18.2 Å². The van der Waals surface area contributed by atoms with Crippen molar-refractivity contribution in [3.05, 3.63) is 34.4 Å². The summed E-state index contributed by atoms with van der Waals surface area (Å²) in [5, 5.41) is 2.45. The van der Waals surface area contributed by atoms with E-state index in [2.05, 4.69) is 5.32 Å². The number of amides is 1. The van der Waals surface area contributed by atoms with E-state index < -0.39 is 23.7 Å². The summed E-state index contributed by atoms with van der Waals surface area (Å²) in [4.78, 5) is 23.9. The first-order chi connectivity index (χ1) is 11.0. The molecule has 6 heteroatoms. The smallest absolute Gasteiger partial charge is 0.408 e. The van der Waals surface area contributed by atoms with Crippen LogP contribution in [-0.4, -0.2) is 30.3 Å². The van der Waals surface area contributed by atoms with Crippen molar-refractivity contribution in [3.63, 3.8) is 0 Å². The van der Waals surface area contributed by atoms with Crippen LogP contribution in [0, 0.1) is 20.8 Å². The Balaban J connectivity index is 2.64. The summed E-state index contributed by atoms with van der Waals surface area (Å²) in [7, 11) is 0. The van der Waals surface area contributed by atoms with Gasteiger partial charge in [-0.15, -0.1) is 0 Å². The molecular weight excluding hydrogens is 308 g/mol. The molecule has 1 aromatic rings. The fourth-order valence-corrected chi connectivity index (χ4v) is 2.35. The lowest BCUT2D eigenvalue weighted by molar-refractivity contribution is -0.157. The highest BCUT2D eigenvalue weighted by Gasteiger charge is 2.26. The van der Waals surface area contributed by atoms with Gasteiger partial charge in [-0.05, 0) is 58.2 Å². The van der Waals surface area contributed by atoms with E-state index in [0.717, 1.165) is 22.3 Å². The second kappa shape index (κ2) is 8.15. The quantitative estimate of drug-likeness (QED) is 0.806. The molecule has 0 aromatic heterocycles. The second-order valence-corrected chi connectivity index (χ2v) is 6.92. The van der Waals surface area contributed by atoms with E-state index in [1.807, 2.05) is 32.9 Å². The van der Waals surface area contributed by atoms with E-state index in [9.17, 15) is 9.59 Å². The third kappa shape index (κ3) is 6.20. The zero-order valence-electron chi connectivity index (χ0n) is 15.4. The molecule has 6 nitrogen and oxygen atoms in total. The van der Waals surface area contributed by atoms with Gasteiger partial charge in [0.15, 0.2) is 0 Å². The molecule has 0 bridgehead atoms. The van der Waals surface area contributed by atoms with E-state index in [0.29, 0.717) is 0 Å². The fourth-order valence-electron chi connectivity index (χ4n) is 2.35. The molecule has 0 spiro atoms. The molecular formula is C18H28N2O4. The number of hydrogen-bond donors (Lipinski definition) is 2. The van der Waals surface area contributed by atoms with Gasteiger partial charge in [0.05, 0.1) is 0 Å². The van der Waals surface area contributed by atoms with Gasteiger partial charge in [-0.3, -0.25) is 0 Å². The minimum atomic E-state index is -0.933. The zero-order valence-corrected chi connectivity index (χ0v) is 15.4. The molecule has 1 aromatic carbocycles. The van der Waals surface area contributed by atoms with Crippen molar-refractivity contribution >= 4 is 12.1 Å². The van der Waals surface area contributed by atoms with Crippen molar-refractivity contribution in [3.8, 4) is 0 Å². The normalized spacial score (nSPS) is 12.5. The van der Waals surface area contributed by atoms with E-state index in [1.165, 1.54) is 0 Å². The van der Waals surface area contributed by atoms with Crippen LogP contribution in [0.25, 0.3) is 0 Å². The number of ether oxygens (including phenoxy) is 2. The van der Waals surface area contributed by atoms with Crippen molar-refractivity contribution in [2.75, 3.05) is 6.54 Å². The first kappa shape index (κ1) is 20.0. The highest BCUT2D eigenvalue weighted by Crippen LogP contribution is 2.17. The molecule has 0 aliphatic heterocycles. The van der Waals surface area contributed by atoms with Crippen LogP contribution in [0.15, 0.2) is 12.1 Å². The Morgan fingerprint density at radius 3 is 2.17 bits per heavy atom. The number of rotatable bonds is 5. The van der Waals surface area contributed by atoms with E-state index >= 15 is 0 Å². The molecule has 134 valence electrons. The maximum atomic E-state index is 12.0. The summed E-state index contributed by atoms with van der Waals surface area (Å²) in [6.07, 6.45) is -0.698. The summed E-state index contributed by atoms with van der Waals surface area (Å²) in [5.74, 6) is -0.579. The number of carbonyl (C=O) groups excluding carboxylic acids is 2. The Morgan fingerprint density at radius 1 is 1.17 bits per heavy atom. The van der Waals surface area contributed by atoms with Gasteiger partial charge in [-0.25, -0.2) is 9.59 Å². The monoisotopic (exact) mass is 336 g/mol. The number of benzene rings is 1. The van der Waals surface area contributed by atoms with E-state index in [-0.39, 0.29) is 13.2 Å². The molecule has 0 radical (unpaired) electrons. The van der Waals surface area contributed by atoms with Gasteiger partial charge in [0.25, 0.3) is 0 Å². The molecule has 24 heavy (non-hydrogen) atoms. The summed E-state index contributed by atoms with van der Waals surface area (Å²) >= 11 is 0. The van der Waals surface area contributed by atoms with Gasteiger partial charge in [-0.2, -0.15) is 0 Å². The largest absolute Gasteiger partial charge is 0.458 e. The molecule has 0 fully saturated rings. The van der Waals surface area contributed by atoms with Gasteiger partial charge in [0, 0.05) is 6.54 Å². The lowest BCUT2D eigenvalue weighted by Gasteiger charge is -2.23. The maximum Gasteiger partial charge on any atom is 0.408 e. The lowest BCUT2D eigenvalue weighted by atomic mass is 10.0. The number of carbonyl (C=O) groups is 2. The van der Waals surface area contributed by atoms with Crippen molar-refractivity contribution in [1.82, 2.24) is 5.32 Å². The highest BCUT2D eigenvalue weighted by atomic mass is 16.6. The van der Waals surface area contributed by atoms with Crippen LogP contribution < -0.4 is 11.1 Å². The van der Waals surface area contributed by atoms with Crippen molar-refractivity contribution in [2.24, 2.45) is 5.73 Å². The SMILES string of the molecule is Cc1cc(C)c(COC(=O)N[C@@H](CN)C(=O)OC(C)(C)C)c(C)c1. The van der Waals surface area contributed by atoms with Crippen molar-refractivity contribution in [2.45, 2.75) is 59.8 Å². The lowest BCUT2D eigenvalue weighted by Crippen LogP contribution is -2.48. The second-order valence-electron chi connectivity index (χ2n) is 6.92. The number of hydrogen-bond acceptors (Lipinski definition) is 5. The minimum Gasteiger partial charge on any atom is -0.458 e. The van der Waals surface area contributed by atoms with Crippen LogP contribution in [0.5, 0.6) is 0 Å². The van der Waals surface area contributed by atoms with Gasteiger partial charge < -0.3 is 20.5 Å². The Labute approximate surface area is 143 Å². The van der Waals surface area contributed by atoms with E-state index in [1.54, 1.807) is 20.8 Å². The zero-order chi connectivity index (χ0) is 18.5. The van der Waals surface area contributed by atoms with Crippen LogP contribution >= 0.6 is 0 Å². The molecule has 3 N–H and O–H groups in total. The van der Waals surface area contributed by atoms with Crippen LogP contribution in [0.3, 0.4) is 0 Å². The van der Waals surface area contributed by atoms with Crippen molar-refractivity contribution in [1.29, 1.82) is 0 Å². The third-order valence-corrected chi connectivity index (χ3v) is 3.41. The topological polar surface area (TPSA) is 90.6 Å². The Hall–Kier alpha value is -2.08. The first-order valence-corrected chi connectivity index (χ1v) is 7.96. The Bertz CT molecular complexity index is 583. The maximum absolute atomic E-state index is 12.0. The summed E-state index contributed by atoms with van der Waals surface area (Å²) in [6, 6.07) is 3.14. The predicted octanol–water partition coefficient (Wildman–Crippen LogP) is 2.51. The van der Waals surface area contributed by atoms with Crippen LogP contribution in [0.4, 0.5) is 4.79 Å². The highest BCUT2D eigenvalue weighted by molar-refractivity contribution is 5.81. The molecule has 0 saturated carbocycles. The molecule has 1 atom stereocenters. The molecule has 0 saturated heterocycles. The fraction of sp³-hybridized carbons (Fsp3) is 0.556. The summed E-state index contributed by atoms with van der Waals surface area (Å²) in [6.45, 7) is 11.3. The number of alkyl carbamates (subject to hydrolysis) is 1. The average molecular weight is 336 g/mol. The van der Waals surface area contributed by atoms with Crippen LogP contribution in [-0.2, 0) is 20.9 Å². The van der Waals surface area contributed by atoms with Gasteiger partial charge >= 0.3 is 12.1 Å². The van der Waals surface area contributed by atoms with Gasteiger partial charge in [-0.1, -0.05) is 17.7 Å². The predicted molar refractivity (Wildman–Crippen MR) is 92.7 cm³/mol. The average Bonchev–Trinajstić information content (AvgIpc) is 2.41. The number of esters is 1. The Kier molecular flexibility index (Phi) is 6.78. The molecule has 0 aliphatic carbocycles. The van der Waals surface area contributed by atoms with Gasteiger partial charge in [0.2, 0.25) is 0 Å². The Morgan fingerprint density at radius 2 is 1.71 bits per heavy atom. The summed E-state index contributed by atoms with van der Waals surface area (Å²) < 4.78 is 10.4. The first-order valence-electron chi connectivity index (χ1n) is 7.96.